The Kier molecular flexibility index (Phi) is 4.36. The van der Waals surface area contributed by atoms with Gasteiger partial charge in [-0.2, -0.15) is 4.31 Å². The molecule has 130 valence electrons. The van der Waals surface area contributed by atoms with Gasteiger partial charge in [-0.15, -0.1) is 0 Å². The maximum absolute atomic E-state index is 12.7. The van der Waals surface area contributed by atoms with Crippen molar-refractivity contribution in [2.75, 3.05) is 13.1 Å². The Hall–Kier alpha value is -2.11. The summed E-state index contributed by atoms with van der Waals surface area (Å²) in [5.41, 5.74) is 2.50. The number of H-pyrrole nitrogens is 1. The van der Waals surface area contributed by atoms with Gasteiger partial charge in [0.1, 0.15) is 0 Å². The summed E-state index contributed by atoms with van der Waals surface area (Å²) in [7, 11) is -3.35. The van der Waals surface area contributed by atoms with Crippen LogP contribution in [0.3, 0.4) is 0 Å². The number of fused-ring (bicyclic) bond motifs is 1. The molecule has 1 fully saturated rings. The molecule has 0 bridgehead atoms. The fraction of sp³-hybridized carbons (Fsp3) is 0.300. The van der Waals surface area contributed by atoms with Crippen molar-refractivity contribution in [2.45, 2.75) is 24.2 Å². The van der Waals surface area contributed by atoms with Crippen molar-refractivity contribution >= 4 is 20.9 Å². The topological polar surface area (TPSA) is 53.2 Å². The molecule has 0 unspecified atom stereocenters. The molecule has 5 heteroatoms. The summed E-state index contributed by atoms with van der Waals surface area (Å²) in [6.45, 7) is 1.20. The molecule has 0 spiro atoms. The van der Waals surface area contributed by atoms with E-state index in [1.165, 1.54) is 16.5 Å². The third-order valence-corrected chi connectivity index (χ3v) is 7.05. The summed E-state index contributed by atoms with van der Waals surface area (Å²) >= 11 is 0. The van der Waals surface area contributed by atoms with Gasteiger partial charge in [0.05, 0.1) is 4.90 Å². The van der Waals surface area contributed by atoms with Crippen LogP contribution in [0.2, 0.25) is 0 Å². The number of hydrogen-bond acceptors (Lipinski definition) is 2. The first-order chi connectivity index (χ1) is 12.1. The van der Waals surface area contributed by atoms with Crippen LogP contribution in [0.15, 0.2) is 65.7 Å². The minimum atomic E-state index is -3.35. The SMILES string of the molecule is O=S(=O)(c1ccccc1)N1CCC(Cc2c[nH]c3ccccc23)CC1. The summed E-state index contributed by atoms with van der Waals surface area (Å²) < 4.78 is 27.0. The highest BCUT2D eigenvalue weighted by Gasteiger charge is 2.29. The molecule has 0 atom stereocenters. The minimum absolute atomic E-state index is 0.394. The number of nitrogens with one attached hydrogen (secondary N) is 1. The van der Waals surface area contributed by atoms with E-state index in [0.717, 1.165) is 19.3 Å². The zero-order valence-corrected chi connectivity index (χ0v) is 14.9. The van der Waals surface area contributed by atoms with Crippen molar-refractivity contribution in [2.24, 2.45) is 5.92 Å². The van der Waals surface area contributed by atoms with E-state index in [0.29, 0.717) is 23.9 Å². The lowest BCUT2D eigenvalue weighted by Gasteiger charge is -2.31. The smallest absolute Gasteiger partial charge is 0.243 e. The van der Waals surface area contributed by atoms with Gasteiger partial charge < -0.3 is 4.98 Å². The average Bonchev–Trinajstić information content (AvgIpc) is 3.06. The molecule has 0 saturated carbocycles. The van der Waals surface area contributed by atoms with E-state index in [4.69, 9.17) is 0 Å². The maximum atomic E-state index is 12.7. The number of nitrogens with zero attached hydrogens (tertiary/aromatic N) is 1. The quantitative estimate of drug-likeness (QED) is 0.774. The second kappa shape index (κ2) is 6.65. The molecule has 2 heterocycles. The maximum Gasteiger partial charge on any atom is 0.243 e. The predicted octanol–water partition coefficient (Wildman–Crippen LogP) is 3.81. The number of aromatic amines is 1. The third kappa shape index (κ3) is 3.22. The van der Waals surface area contributed by atoms with Gasteiger partial charge in [-0.1, -0.05) is 36.4 Å². The summed E-state index contributed by atoms with van der Waals surface area (Å²) in [5.74, 6) is 0.529. The Bertz CT molecular complexity index is 956. The van der Waals surface area contributed by atoms with Crippen LogP contribution in [0.1, 0.15) is 18.4 Å². The molecule has 1 aliphatic heterocycles. The Morgan fingerprint density at radius 2 is 1.64 bits per heavy atom. The molecule has 1 aliphatic rings. The predicted molar refractivity (Wildman–Crippen MR) is 99.9 cm³/mol. The van der Waals surface area contributed by atoms with Crippen molar-refractivity contribution in [3.63, 3.8) is 0 Å². The first-order valence-corrected chi connectivity index (χ1v) is 10.2. The summed E-state index contributed by atoms with van der Waals surface area (Å²) in [4.78, 5) is 3.72. The highest BCUT2D eigenvalue weighted by molar-refractivity contribution is 7.89. The molecule has 0 aliphatic carbocycles. The van der Waals surface area contributed by atoms with Crippen LogP contribution < -0.4 is 0 Å². The van der Waals surface area contributed by atoms with Crippen molar-refractivity contribution in [3.05, 3.63) is 66.4 Å². The average molecular weight is 354 g/mol. The molecular formula is C20H22N2O2S. The van der Waals surface area contributed by atoms with E-state index in [2.05, 4.69) is 29.4 Å². The van der Waals surface area contributed by atoms with Crippen LogP contribution in [-0.4, -0.2) is 30.8 Å². The van der Waals surface area contributed by atoms with Crippen LogP contribution in [0.5, 0.6) is 0 Å². The molecule has 4 nitrogen and oxygen atoms in total. The van der Waals surface area contributed by atoms with Crippen LogP contribution in [0, 0.1) is 5.92 Å². The number of piperidine rings is 1. The van der Waals surface area contributed by atoms with E-state index >= 15 is 0 Å². The number of rotatable bonds is 4. The fourth-order valence-corrected chi connectivity index (χ4v) is 5.20. The zero-order chi connectivity index (χ0) is 17.3. The molecule has 25 heavy (non-hydrogen) atoms. The molecule has 1 saturated heterocycles. The second-order valence-electron chi connectivity index (χ2n) is 6.72. The zero-order valence-electron chi connectivity index (χ0n) is 14.1. The Morgan fingerprint density at radius 3 is 2.40 bits per heavy atom. The fourth-order valence-electron chi connectivity index (χ4n) is 3.71. The second-order valence-corrected chi connectivity index (χ2v) is 8.66. The van der Waals surface area contributed by atoms with Crippen LogP contribution in [-0.2, 0) is 16.4 Å². The van der Waals surface area contributed by atoms with Crippen LogP contribution >= 0.6 is 0 Å². The van der Waals surface area contributed by atoms with E-state index in [1.54, 1.807) is 28.6 Å². The number of sulfonamides is 1. The van der Waals surface area contributed by atoms with Crippen molar-refractivity contribution in [1.29, 1.82) is 0 Å². The highest BCUT2D eigenvalue weighted by atomic mass is 32.2. The Balaban J connectivity index is 1.43. The van der Waals surface area contributed by atoms with Crippen molar-refractivity contribution < 1.29 is 8.42 Å². The summed E-state index contributed by atoms with van der Waals surface area (Å²) in [6, 6.07) is 17.1. The van der Waals surface area contributed by atoms with Gasteiger partial charge in [-0.25, -0.2) is 8.42 Å². The number of hydrogen-bond donors (Lipinski definition) is 1. The minimum Gasteiger partial charge on any atom is -0.361 e. The molecule has 0 radical (unpaired) electrons. The Morgan fingerprint density at radius 1 is 0.960 bits per heavy atom. The molecular weight excluding hydrogens is 332 g/mol. The summed E-state index contributed by atoms with van der Waals surface area (Å²) in [6.07, 6.45) is 4.91. The monoisotopic (exact) mass is 354 g/mol. The van der Waals surface area contributed by atoms with Gasteiger partial charge in [0.15, 0.2) is 0 Å². The van der Waals surface area contributed by atoms with Gasteiger partial charge in [0.25, 0.3) is 0 Å². The van der Waals surface area contributed by atoms with Crippen molar-refractivity contribution in [3.8, 4) is 0 Å². The highest BCUT2D eigenvalue weighted by Crippen LogP contribution is 2.28. The van der Waals surface area contributed by atoms with Gasteiger partial charge in [-0.05, 0) is 48.9 Å². The van der Waals surface area contributed by atoms with Gasteiger partial charge in [-0.3, -0.25) is 0 Å². The molecule has 0 amide bonds. The molecule has 1 aromatic heterocycles. The van der Waals surface area contributed by atoms with Gasteiger partial charge in [0.2, 0.25) is 10.0 Å². The number of para-hydroxylation sites is 1. The lowest BCUT2D eigenvalue weighted by Crippen LogP contribution is -2.38. The summed E-state index contributed by atoms with van der Waals surface area (Å²) in [5, 5.41) is 1.28. The lowest BCUT2D eigenvalue weighted by molar-refractivity contribution is 0.273. The van der Waals surface area contributed by atoms with Crippen molar-refractivity contribution in [1.82, 2.24) is 9.29 Å². The number of benzene rings is 2. The number of aromatic nitrogens is 1. The lowest BCUT2D eigenvalue weighted by atomic mass is 9.91. The largest absolute Gasteiger partial charge is 0.361 e. The van der Waals surface area contributed by atoms with Crippen LogP contribution in [0.25, 0.3) is 10.9 Å². The standard InChI is InChI=1S/C20H22N2O2S/c23-25(24,18-6-2-1-3-7-18)22-12-10-16(11-13-22)14-17-15-21-20-9-5-4-8-19(17)20/h1-9,15-16,21H,10-14H2. The molecule has 2 aromatic carbocycles. The third-order valence-electron chi connectivity index (χ3n) is 5.14. The van der Waals surface area contributed by atoms with Crippen LogP contribution in [0.4, 0.5) is 0 Å². The first kappa shape index (κ1) is 16.4. The van der Waals surface area contributed by atoms with E-state index < -0.39 is 10.0 Å². The molecule has 3 aromatic rings. The van der Waals surface area contributed by atoms with Gasteiger partial charge in [0, 0.05) is 30.2 Å². The van der Waals surface area contributed by atoms with Gasteiger partial charge >= 0.3 is 0 Å². The normalized spacial score (nSPS) is 17.1. The van der Waals surface area contributed by atoms with E-state index in [9.17, 15) is 8.42 Å². The molecule has 4 rings (SSSR count). The van der Waals surface area contributed by atoms with E-state index in [-0.39, 0.29) is 0 Å². The molecule has 1 N–H and O–H groups in total. The van der Waals surface area contributed by atoms with E-state index in [1.807, 2.05) is 12.1 Å². The Labute approximate surface area is 148 Å². The first-order valence-electron chi connectivity index (χ1n) is 8.75.